The van der Waals surface area contributed by atoms with Crippen LogP contribution in [0.2, 0.25) is 0 Å². The van der Waals surface area contributed by atoms with Crippen LogP contribution in [0.25, 0.3) is 0 Å². The van der Waals surface area contributed by atoms with Gasteiger partial charge in [0.25, 0.3) is 0 Å². The van der Waals surface area contributed by atoms with Gasteiger partial charge in [0.15, 0.2) is 0 Å². The fourth-order valence-electron chi connectivity index (χ4n) is 1.74. The van der Waals surface area contributed by atoms with Crippen molar-refractivity contribution in [1.82, 2.24) is 9.55 Å². The third-order valence-electron chi connectivity index (χ3n) is 2.76. The van der Waals surface area contributed by atoms with Gasteiger partial charge in [0.05, 0.1) is 23.5 Å². The predicted octanol–water partition coefficient (Wildman–Crippen LogP) is 2.56. The van der Waals surface area contributed by atoms with Crippen molar-refractivity contribution in [1.29, 1.82) is 0 Å². The highest BCUT2D eigenvalue weighted by Gasteiger charge is 2.13. The third-order valence-corrected chi connectivity index (χ3v) is 2.76. The van der Waals surface area contributed by atoms with Gasteiger partial charge >= 0.3 is 5.69 Å². The first-order valence-corrected chi connectivity index (χ1v) is 5.78. The van der Waals surface area contributed by atoms with E-state index in [1.807, 2.05) is 11.5 Å². The molecule has 0 aliphatic carbocycles. The van der Waals surface area contributed by atoms with Gasteiger partial charge in [-0.15, -0.1) is 0 Å². The molecular formula is C12H13FN4O2. The van der Waals surface area contributed by atoms with Crippen molar-refractivity contribution in [3.05, 3.63) is 52.3 Å². The Balaban J connectivity index is 2.08. The SMILES string of the molecule is CCn1cncc1CNc1ccc([N+](=O)[O-])c(F)c1. The Labute approximate surface area is 109 Å². The maximum absolute atomic E-state index is 13.4. The van der Waals surface area contributed by atoms with E-state index in [0.717, 1.165) is 24.4 Å². The van der Waals surface area contributed by atoms with Crippen molar-refractivity contribution in [2.75, 3.05) is 5.32 Å². The van der Waals surface area contributed by atoms with Crippen molar-refractivity contribution < 1.29 is 9.31 Å². The smallest absolute Gasteiger partial charge is 0.304 e. The molecule has 0 aliphatic heterocycles. The number of hydrogen-bond donors (Lipinski definition) is 1. The summed E-state index contributed by atoms with van der Waals surface area (Å²) in [7, 11) is 0. The predicted molar refractivity (Wildman–Crippen MR) is 68.3 cm³/mol. The summed E-state index contributed by atoms with van der Waals surface area (Å²) in [5.74, 6) is -0.848. The van der Waals surface area contributed by atoms with Crippen LogP contribution in [-0.4, -0.2) is 14.5 Å². The Morgan fingerprint density at radius 2 is 2.32 bits per heavy atom. The van der Waals surface area contributed by atoms with E-state index in [9.17, 15) is 14.5 Å². The van der Waals surface area contributed by atoms with Crippen LogP contribution in [0, 0.1) is 15.9 Å². The number of rotatable bonds is 5. The summed E-state index contributed by atoms with van der Waals surface area (Å²) < 4.78 is 15.4. The van der Waals surface area contributed by atoms with E-state index < -0.39 is 16.4 Å². The van der Waals surface area contributed by atoms with Gasteiger partial charge in [-0.25, -0.2) is 4.98 Å². The molecule has 0 amide bonds. The van der Waals surface area contributed by atoms with E-state index in [0.29, 0.717) is 12.2 Å². The lowest BCUT2D eigenvalue weighted by Crippen LogP contribution is -2.06. The first kappa shape index (κ1) is 13.0. The molecule has 0 saturated carbocycles. The summed E-state index contributed by atoms with van der Waals surface area (Å²) in [6, 6.07) is 3.74. The second kappa shape index (κ2) is 5.47. The van der Waals surface area contributed by atoms with Crippen molar-refractivity contribution >= 4 is 11.4 Å². The average Bonchev–Trinajstić information content (AvgIpc) is 2.83. The zero-order chi connectivity index (χ0) is 13.8. The number of benzene rings is 1. The summed E-state index contributed by atoms with van der Waals surface area (Å²) in [5, 5.41) is 13.5. The molecule has 0 atom stereocenters. The molecule has 7 heteroatoms. The molecule has 19 heavy (non-hydrogen) atoms. The van der Waals surface area contributed by atoms with Gasteiger partial charge in [-0.05, 0) is 13.0 Å². The molecule has 0 bridgehead atoms. The highest BCUT2D eigenvalue weighted by molar-refractivity contribution is 5.49. The zero-order valence-corrected chi connectivity index (χ0v) is 10.3. The van der Waals surface area contributed by atoms with Crippen LogP contribution in [0.3, 0.4) is 0 Å². The molecule has 1 aromatic carbocycles. The van der Waals surface area contributed by atoms with E-state index in [1.54, 1.807) is 12.5 Å². The van der Waals surface area contributed by atoms with Crippen LogP contribution in [0.1, 0.15) is 12.6 Å². The minimum absolute atomic E-state index is 0.477. The highest BCUT2D eigenvalue weighted by Crippen LogP contribution is 2.21. The molecule has 2 rings (SSSR count). The number of aryl methyl sites for hydroxylation is 1. The Kier molecular flexibility index (Phi) is 3.74. The molecule has 2 aromatic rings. The van der Waals surface area contributed by atoms with Crippen LogP contribution in [0.5, 0.6) is 0 Å². The molecular weight excluding hydrogens is 251 g/mol. The topological polar surface area (TPSA) is 73.0 Å². The third kappa shape index (κ3) is 2.87. The Bertz CT molecular complexity index is 597. The maximum Gasteiger partial charge on any atom is 0.304 e. The van der Waals surface area contributed by atoms with Gasteiger partial charge < -0.3 is 9.88 Å². The van der Waals surface area contributed by atoms with E-state index in [-0.39, 0.29) is 0 Å². The van der Waals surface area contributed by atoms with Gasteiger partial charge in [0.2, 0.25) is 5.82 Å². The average molecular weight is 264 g/mol. The van der Waals surface area contributed by atoms with Crippen molar-refractivity contribution in [3.8, 4) is 0 Å². The van der Waals surface area contributed by atoms with Gasteiger partial charge in [-0.3, -0.25) is 10.1 Å². The Hall–Kier alpha value is -2.44. The number of nitrogens with zero attached hydrogens (tertiary/aromatic N) is 3. The summed E-state index contributed by atoms with van der Waals surface area (Å²) in [4.78, 5) is 13.8. The van der Waals surface area contributed by atoms with Crippen molar-refractivity contribution in [2.24, 2.45) is 0 Å². The molecule has 0 aliphatic rings. The molecule has 100 valence electrons. The standard InChI is InChI=1S/C12H13FN4O2/c1-2-16-8-14-6-10(16)7-15-9-3-4-12(17(18)19)11(13)5-9/h3-6,8,15H,2,7H2,1H3. The first-order valence-electron chi connectivity index (χ1n) is 5.78. The lowest BCUT2D eigenvalue weighted by molar-refractivity contribution is -0.387. The molecule has 0 unspecified atom stereocenters. The summed E-state index contributed by atoms with van der Waals surface area (Å²) in [6.07, 6.45) is 3.44. The van der Waals surface area contributed by atoms with E-state index in [4.69, 9.17) is 0 Å². The van der Waals surface area contributed by atoms with Gasteiger partial charge in [0, 0.05) is 30.6 Å². The molecule has 0 radical (unpaired) electrons. The zero-order valence-electron chi connectivity index (χ0n) is 10.3. The molecule has 1 N–H and O–H groups in total. The lowest BCUT2D eigenvalue weighted by atomic mass is 10.2. The summed E-state index contributed by atoms with van der Waals surface area (Å²) in [6.45, 7) is 3.27. The van der Waals surface area contributed by atoms with Crippen LogP contribution >= 0.6 is 0 Å². The molecule has 6 nitrogen and oxygen atoms in total. The van der Waals surface area contributed by atoms with Crippen LogP contribution in [0.15, 0.2) is 30.7 Å². The number of nitrogens with one attached hydrogen (secondary N) is 1. The molecule has 1 heterocycles. The summed E-state index contributed by atoms with van der Waals surface area (Å²) in [5.41, 5.74) is 0.928. The van der Waals surface area contributed by atoms with E-state index >= 15 is 0 Å². The first-order chi connectivity index (χ1) is 9.11. The van der Waals surface area contributed by atoms with Crippen LogP contribution < -0.4 is 5.32 Å². The number of nitro groups is 1. The number of hydrogen-bond acceptors (Lipinski definition) is 4. The van der Waals surface area contributed by atoms with Gasteiger partial charge in [-0.1, -0.05) is 0 Å². The second-order valence-corrected chi connectivity index (χ2v) is 3.95. The lowest BCUT2D eigenvalue weighted by Gasteiger charge is -2.08. The van der Waals surface area contributed by atoms with E-state index in [2.05, 4.69) is 10.3 Å². The molecule has 0 saturated heterocycles. The minimum atomic E-state index is -0.848. The number of imidazole rings is 1. The van der Waals surface area contributed by atoms with Gasteiger partial charge in [0.1, 0.15) is 0 Å². The number of anilines is 1. The number of aromatic nitrogens is 2. The normalized spacial score (nSPS) is 10.4. The monoisotopic (exact) mass is 264 g/mol. The quantitative estimate of drug-likeness (QED) is 0.665. The largest absolute Gasteiger partial charge is 0.379 e. The van der Waals surface area contributed by atoms with Crippen LogP contribution in [-0.2, 0) is 13.1 Å². The highest BCUT2D eigenvalue weighted by atomic mass is 19.1. The Morgan fingerprint density at radius 1 is 1.53 bits per heavy atom. The minimum Gasteiger partial charge on any atom is -0.379 e. The van der Waals surface area contributed by atoms with Gasteiger partial charge in [-0.2, -0.15) is 4.39 Å². The number of nitro benzene ring substituents is 1. The van der Waals surface area contributed by atoms with E-state index in [1.165, 1.54) is 6.07 Å². The Morgan fingerprint density at radius 3 is 2.95 bits per heavy atom. The second-order valence-electron chi connectivity index (χ2n) is 3.95. The number of halogens is 1. The van der Waals surface area contributed by atoms with Crippen molar-refractivity contribution in [3.63, 3.8) is 0 Å². The maximum atomic E-state index is 13.4. The summed E-state index contributed by atoms with van der Waals surface area (Å²) >= 11 is 0. The molecule has 0 spiro atoms. The molecule has 1 aromatic heterocycles. The van der Waals surface area contributed by atoms with Crippen molar-refractivity contribution in [2.45, 2.75) is 20.0 Å². The van der Waals surface area contributed by atoms with Crippen LogP contribution in [0.4, 0.5) is 15.8 Å². The fraction of sp³-hybridized carbons (Fsp3) is 0.250. The molecule has 0 fully saturated rings. The fourth-order valence-corrected chi connectivity index (χ4v) is 1.74.